The Labute approximate surface area is 131 Å². The molecule has 0 spiro atoms. The third kappa shape index (κ3) is 3.50. The summed E-state index contributed by atoms with van der Waals surface area (Å²) in [5.41, 5.74) is 2.43. The Bertz CT molecular complexity index is 617. The molecule has 1 aliphatic rings. The van der Waals surface area contributed by atoms with E-state index < -0.39 is 0 Å². The molecule has 1 aromatic heterocycles. The molecule has 0 aliphatic carbocycles. The zero-order chi connectivity index (χ0) is 15.4. The van der Waals surface area contributed by atoms with E-state index in [-0.39, 0.29) is 5.82 Å². The highest BCUT2D eigenvalue weighted by molar-refractivity contribution is 5.84. The van der Waals surface area contributed by atoms with E-state index in [0.717, 1.165) is 69.6 Å². The average Bonchev–Trinajstić information content (AvgIpc) is 2.86. The van der Waals surface area contributed by atoms with Crippen LogP contribution in [0.4, 0.5) is 4.39 Å². The maximum atomic E-state index is 13.6. The molecule has 0 amide bonds. The summed E-state index contributed by atoms with van der Waals surface area (Å²) >= 11 is 0. The van der Waals surface area contributed by atoms with Crippen molar-refractivity contribution in [1.82, 2.24) is 9.47 Å². The van der Waals surface area contributed by atoms with Gasteiger partial charge in [0, 0.05) is 36.7 Å². The molecular formula is C18H25FN2O. The van der Waals surface area contributed by atoms with Crippen molar-refractivity contribution in [1.29, 1.82) is 0 Å². The molecule has 1 aliphatic heterocycles. The number of rotatable bonds is 6. The van der Waals surface area contributed by atoms with E-state index in [4.69, 9.17) is 4.74 Å². The lowest BCUT2D eigenvalue weighted by Gasteiger charge is -2.26. The maximum Gasteiger partial charge on any atom is 0.123 e. The highest BCUT2D eigenvalue weighted by atomic mass is 19.1. The fourth-order valence-electron chi connectivity index (χ4n) is 3.29. The molecule has 3 rings (SSSR count). The molecule has 4 heteroatoms. The van der Waals surface area contributed by atoms with Crippen molar-refractivity contribution in [3.8, 4) is 0 Å². The predicted octanol–water partition coefficient (Wildman–Crippen LogP) is 3.46. The molecule has 2 heterocycles. The van der Waals surface area contributed by atoms with Crippen molar-refractivity contribution < 1.29 is 9.13 Å². The number of halogens is 1. The minimum Gasteiger partial charge on any atom is -0.379 e. The first-order valence-electron chi connectivity index (χ1n) is 8.35. The van der Waals surface area contributed by atoms with Gasteiger partial charge in [-0.3, -0.25) is 4.90 Å². The predicted molar refractivity (Wildman–Crippen MR) is 87.8 cm³/mol. The van der Waals surface area contributed by atoms with E-state index in [0.29, 0.717) is 0 Å². The fourth-order valence-corrected chi connectivity index (χ4v) is 3.29. The van der Waals surface area contributed by atoms with Crippen LogP contribution >= 0.6 is 0 Å². The second kappa shape index (κ2) is 7.25. The van der Waals surface area contributed by atoms with Crippen LogP contribution in [0.5, 0.6) is 0 Å². The van der Waals surface area contributed by atoms with Crippen molar-refractivity contribution in [2.24, 2.45) is 0 Å². The fraction of sp³-hybridized carbons (Fsp3) is 0.556. The van der Waals surface area contributed by atoms with E-state index in [1.165, 1.54) is 5.56 Å². The molecule has 0 N–H and O–H groups in total. The molecule has 120 valence electrons. The Balaban J connectivity index is 1.70. The first-order valence-corrected chi connectivity index (χ1v) is 8.35. The Morgan fingerprint density at radius 2 is 2.00 bits per heavy atom. The molecule has 1 aromatic carbocycles. The van der Waals surface area contributed by atoms with Gasteiger partial charge in [0.05, 0.1) is 13.2 Å². The number of fused-ring (bicyclic) bond motifs is 1. The van der Waals surface area contributed by atoms with E-state index in [9.17, 15) is 4.39 Å². The number of ether oxygens (including phenoxy) is 1. The topological polar surface area (TPSA) is 17.4 Å². The summed E-state index contributed by atoms with van der Waals surface area (Å²) in [7, 11) is 0. The molecular weight excluding hydrogens is 279 g/mol. The smallest absolute Gasteiger partial charge is 0.123 e. The minimum absolute atomic E-state index is 0.142. The standard InChI is InChI=1S/C18H25FN2O/c1-2-7-21-14-15(17-13-16(19)5-6-18(17)21)4-3-8-20-9-11-22-12-10-20/h5-6,13-14H,2-4,7-12H2,1H3. The quantitative estimate of drug-likeness (QED) is 0.813. The maximum absolute atomic E-state index is 13.6. The lowest BCUT2D eigenvalue weighted by atomic mass is 10.1. The van der Waals surface area contributed by atoms with Crippen LogP contribution in [-0.2, 0) is 17.7 Å². The molecule has 0 bridgehead atoms. The second-order valence-electron chi connectivity index (χ2n) is 6.07. The summed E-state index contributed by atoms with van der Waals surface area (Å²) in [6.07, 6.45) is 5.43. The van der Waals surface area contributed by atoms with Crippen LogP contribution in [-0.4, -0.2) is 42.3 Å². The summed E-state index contributed by atoms with van der Waals surface area (Å²) in [4.78, 5) is 2.45. The summed E-state index contributed by atoms with van der Waals surface area (Å²) in [6, 6.07) is 5.16. The van der Waals surface area contributed by atoms with Crippen LogP contribution in [0.15, 0.2) is 24.4 Å². The number of benzene rings is 1. The van der Waals surface area contributed by atoms with Crippen molar-refractivity contribution in [2.45, 2.75) is 32.7 Å². The first kappa shape index (κ1) is 15.5. The van der Waals surface area contributed by atoms with Crippen molar-refractivity contribution >= 4 is 10.9 Å². The number of nitrogens with zero attached hydrogens (tertiary/aromatic N) is 2. The summed E-state index contributed by atoms with van der Waals surface area (Å²) in [6.45, 7) is 8.03. The number of morpholine rings is 1. The summed E-state index contributed by atoms with van der Waals surface area (Å²) < 4.78 is 21.2. The van der Waals surface area contributed by atoms with Gasteiger partial charge in [0.15, 0.2) is 0 Å². The number of aromatic nitrogens is 1. The van der Waals surface area contributed by atoms with Gasteiger partial charge in [0.2, 0.25) is 0 Å². The van der Waals surface area contributed by atoms with E-state index in [1.54, 1.807) is 12.1 Å². The molecule has 1 saturated heterocycles. The third-order valence-electron chi connectivity index (χ3n) is 4.41. The van der Waals surface area contributed by atoms with Gasteiger partial charge < -0.3 is 9.30 Å². The van der Waals surface area contributed by atoms with Crippen molar-refractivity contribution in [2.75, 3.05) is 32.8 Å². The highest BCUT2D eigenvalue weighted by Gasteiger charge is 2.12. The van der Waals surface area contributed by atoms with E-state index in [2.05, 4.69) is 22.6 Å². The van der Waals surface area contributed by atoms with Crippen LogP contribution in [0.25, 0.3) is 10.9 Å². The van der Waals surface area contributed by atoms with Gasteiger partial charge in [0.25, 0.3) is 0 Å². The highest BCUT2D eigenvalue weighted by Crippen LogP contribution is 2.24. The van der Waals surface area contributed by atoms with Gasteiger partial charge in [-0.05, 0) is 49.6 Å². The van der Waals surface area contributed by atoms with Crippen LogP contribution in [0, 0.1) is 5.82 Å². The molecule has 0 radical (unpaired) electrons. The van der Waals surface area contributed by atoms with Gasteiger partial charge in [-0.1, -0.05) is 6.92 Å². The Kier molecular flexibility index (Phi) is 5.11. The Hall–Kier alpha value is -1.39. The molecule has 1 fully saturated rings. The van der Waals surface area contributed by atoms with Crippen LogP contribution in [0.1, 0.15) is 25.3 Å². The monoisotopic (exact) mass is 304 g/mol. The normalized spacial score (nSPS) is 16.5. The molecule has 0 unspecified atom stereocenters. The third-order valence-corrected chi connectivity index (χ3v) is 4.41. The van der Waals surface area contributed by atoms with Gasteiger partial charge in [-0.25, -0.2) is 4.39 Å². The van der Waals surface area contributed by atoms with Gasteiger partial charge in [0.1, 0.15) is 5.82 Å². The van der Waals surface area contributed by atoms with Crippen LogP contribution in [0.2, 0.25) is 0 Å². The number of hydrogen-bond donors (Lipinski definition) is 0. The van der Waals surface area contributed by atoms with Crippen LogP contribution in [0.3, 0.4) is 0 Å². The largest absolute Gasteiger partial charge is 0.379 e. The lowest BCUT2D eigenvalue weighted by Crippen LogP contribution is -2.36. The van der Waals surface area contributed by atoms with Gasteiger partial charge in [-0.15, -0.1) is 0 Å². The molecule has 0 saturated carbocycles. The zero-order valence-corrected chi connectivity index (χ0v) is 13.4. The first-order chi connectivity index (χ1) is 10.8. The minimum atomic E-state index is -0.142. The summed E-state index contributed by atoms with van der Waals surface area (Å²) in [5, 5.41) is 1.08. The second-order valence-corrected chi connectivity index (χ2v) is 6.07. The number of hydrogen-bond acceptors (Lipinski definition) is 2. The Morgan fingerprint density at radius 3 is 2.77 bits per heavy atom. The van der Waals surface area contributed by atoms with Crippen molar-refractivity contribution in [3.63, 3.8) is 0 Å². The molecule has 22 heavy (non-hydrogen) atoms. The molecule has 2 aromatic rings. The molecule has 3 nitrogen and oxygen atoms in total. The zero-order valence-electron chi connectivity index (χ0n) is 13.4. The Morgan fingerprint density at radius 1 is 1.18 bits per heavy atom. The average molecular weight is 304 g/mol. The van der Waals surface area contributed by atoms with Crippen molar-refractivity contribution in [3.05, 3.63) is 35.8 Å². The van der Waals surface area contributed by atoms with Gasteiger partial charge >= 0.3 is 0 Å². The van der Waals surface area contributed by atoms with E-state index in [1.807, 2.05) is 6.07 Å². The van der Waals surface area contributed by atoms with Crippen LogP contribution < -0.4 is 0 Å². The van der Waals surface area contributed by atoms with E-state index >= 15 is 0 Å². The number of aryl methyl sites for hydroxylation is 2. The summed E-state index contributed by atoms with van der Waals surface area (Å²) in [5.74, 6) is -0.142. The lowest BCUT2D eigenvalue weighted by molar-refractivity contribution is 0.0375. The SMILES string of the molecule is CCCn1cc(CCCN2CCOCC2)c2cc(F)ccc21. The van der Waals surface area contributed by atoms with Gasteiger partial charge in [-0.2, -0.15) is 0 Å². The molecule has 0 atom stereocenters.